The highest BCUT2D eigenvalue weighted by Crippen LogP contribution is 2.13. The molecule has 0 aliphatic carbocycles. The van der Waals surface area contributed by atoms with Crippen LogP contribution in [0.1, 0.15) is 32.6 Å². The largest absolute Gasteiger partial charge is 0.384 e. The molecule has 0 radical (unpaired) electrons. The van der Waals surface area contributed by atoms with Crippen molar-refractivity contribution in [3.05, 3.63) is 18.5 Å². The van der Waals surface area contributed by atoms with Gasteiger partial charge in [0.25, 0.3) is 0 Å². The molecule has 1 aromatic rings. The Kier molecular flexibility index (Phi) is 5.95. The van der Waals surface area contributed by atoms with E-state index in [1.165, 1.54) is 38.9 Å². The number of likely N-dealkylation sites (tertiary alicyclic amines) is 1. The lowest BCUT2D eigenvalue weighted by Gasteiger charge is -2.14. The van der Waals surface area contributed by atoms with Crippen LogP contribution in [0.5, 0.6) is 0 Å². The van der Waals surface area contributed by atoms with Crippen molar-refractivity contribution in [3.63, 3.8) is 0 Å². The summed E-state index contributed by atoms with van der Waals surface area (Å²) in [7, 11) is 0. The van der Waals surface area contributed by atoms with Crippen molar-refractivity contribution < 1.29 is 0 Å². The highest BCUT2D eigenvalue weighted by Gasteiger charge is 2.09. The Morgan fingerprint density at radius 2 is 1.79 bits per heavy atom. The second kappa shape index (κ2) is 8.00. The van der Waals surface area contributed by atoms with Gasteiger partial charge in [-0.25, -0.2) is 0 Å². The van der Waals surface area contributed by atoms with Crippen LogP contribution in [0.2, 0.25) is 0 Å². The quantitative estimate of drug-likeness (QED) is 0.707. The topological polar surface area (TPSA) is 40.2 Å². The van der Waals surface area contributed by atoms with E-state index in [0.29, 0.717) is 0 Å². The zero-order chi connectivity index (χ0) is 13.3. The number of aromatic nitrogens is 1. The zero-order valence-electron chi connectivity index (χ0n) is 12.0. The van der Waals surface area contributed by atoms with Crippen LogP contribution in [0.15, 0.2) is 18.5 Å². The molecule has 1 aliphatic heterocycles. The van der Waals surface area contributed by atoms with Crippen LogP contribution in [-0.4, -0.2) is 42.6 Å². The van der Waals surface area contributed by atoms with Gasteiger partial charge in [0.2, 0.25) is 0 Å². The normalized spacial score (nSPS) is 15.6. The number of rotatable bonds is 8. The van der Waals surface area contributed by atoms with Gasteiger partial charge in [0.05, 0.1) is 23.8 Å². The number of anilines is 2. The smallest absolute Gasteiger partial charge is 0.0547 e. The van der Waals surface area contributed by atoms with Gasteiger partial charge in [-0.15, -0.1) is 0 Å². The molecule has 2 N–H and O–H groups in total. The third-order valence-electron chi connectivity index (χ3n) is 3.50. The van der Waals surface area contributed by atoms with Crippen LogP contribution in [0.25, 0.3) is 0 Å². The number of hydrogen-bond acceptors (Lipinski definition) is 4. The molecule has 0 unspecified atom stereocenters. The first-order valence-electron chi connectivity index (χ1n) is 7.53. The molecule has 0 bridgehead atoms. The summed E-state index contributed by atoms with van der Waals surface area (Å²) < 4.78 is 0. The molecular formula is C15H26N4. The van der Waals surface area contributed by atoms with Crippen molar-refractivity contribution in [1.82, 2.24) is 9.88 Å². The Bertz CT molecular complexity index is 361. The fraction of sp³-hybridized carbons (Fsp3) is 0.667. The summed E-state index contributed by atoms with van der Waals surface area (Å²) in [4.78, 5) is 6.81. The molecule has 4 heteroatoms. The van der Waals surface area contributed by atoms with E-state index in [4.69, 9.17) is 0 Å². The first kappa shape index (κ1) is 14.1. The molecule has 0 atom stereocenters. The van der Waals surface area contributed by atoms with Gasteiger partial charge in [-0.1, -0.05) is 6.92 Å². The molecule has 1 fully saturated rings. The molecule has 106 valence electrons. The predicted octanol–water partition coefficient (Wildman–Crippen LogP) is 2.80. The Morgan fingerprint density at radius 3 is 2.47 bits per heavy atom. The third-order valence-corrected chi connectivity index (χ3v) is 3.50. The van der Waals surface area contributed by atoms with E-state index in [1.54, 1.807) is 0 Å². The van der Waals surface area contributed by atoms with Crippen molar-refractivity contribution in [1.29, 1.82) is 0 Å². The minimum Gasteiger partial charge on any atom is -0.384 e. The molecule has 0 aromatic carbocycles. The molecule has 1 saturated heterocycles. The lowest BCUT2D eigenvalue weighted by molar-refractivity contribution is 0.337. The van der Waals surface area contributed by atoms with Crippen molar-refractivity contribution in [2.75, 3.05) is 43.4 Å². The fourth-order valence-corrected chi connectivity index (χ4v) is 2.44. The first-order chi connectivity index (χ1) is 9.38. The van der Waals surface area contributed by atoms with Gasteiger partial charge in [-0.3, -0.25) is 4.98 Å². The first-order valence-corrected chi connectivity index (χ1v) is 7.53. The summed E-state index contributed by atoms with van der Waals surface area (Å²) in [6.07, 6.45) is 8.86. The maximum absolute atomic E-state index is 4.26. The van der Waals surface area contributed by atoms with E-state index in [-0.39, 0.29) is 0 Å². The van der Waals surface area contributed by atoms with Gasteiger partial charge in [0, 0.05) is 13.1 Å². The van der Waals surface area contributed by atoms with Crippen LogP contribution in [-0.2, 0) is 0 Å². The summed E-state index contributed by atoms with van der Waals surface area (Å²) in [6, 6.07) is 2.14. The summed E-state index contributed by atoms with van der Waals surface area (Å²) >= 11 is 0. The molecule has 4 nitrogen and oxygen atoms in total. The van der Waals surface area contributed by atoms with Gasteiger partial charge >= 0.3 is 0 Å². The maximum Gasteiger partial charge on any atom is 0.0547 e. The van der Waals surface area contributed by atoms with E-state index in [2.05, 4.69) is 33.5 Å². The second-order valence-corrected chi connectivity index (χ2v) is 5.22. The number of pyridine rings is 1. The van der Waals surface area contributed by atoms with Crippen LogP contribution in [0.3, 0.4) is 0 Å². The summed E-state index contributed by atoms with van der Waals surface area (Å²) in [6.45, 7) is 7.99. The van der Waals surface area contributed by atoms with Gasteiger partial charge in [-0.05, 0) is 51.4 Å². The molecule has 19 heavy (non-hydrogen) atoms. The molecule has 0 spiro atoms. The van der Waals surface area contributed by atoms with E-state index in [9.17, 15) is 0 Å². The number of nitrogens with zero attached hydrogens (tertiary/aromatic N) is 2. The minimum absolute atomic E-state index is 1.00. The summed E-state index contributed by atoms with van der Waals surface area (Å²) in [5.41, 5.74) is 2.22. The van der Waals surface area contributed by atoms with E-state index in [1.807, 2.05) is 12.4 Å². The number of nitrogens with one attached hydrogen (secondary N) is 2. The predicted molar refractivity (Wildman–Crippen MR) is 81.8 cm³/mol. The van der Waals surface area contributed by atoms with Gasteiger partial charge in [0.1, 0.15) is 0 Å². The number of hydrogen-bond donors (Lipinski definition) is 2. The molecule has 1 aliphatic rings. The van der Waals surface area contributed by atoms with Crippen molar-refractivity contribution in [3.8, 4) is 0 Å². The molecule has 2 rings (SSSR count). The van der Waals surface area contributed by atoms with Crippen molar-refractivity contribution in [2.45, 2.75) is 32.6 Å². The van der Waals surface area contributed by atoms with E-state index < -0.39 is 0 Å². The van der Waals surface area contributed by atoms with Gasteiger partial charge in [-0.2, -0.15) is 0 Å². The van der Waals surface area contributed by atoms with Crippen LogP contribution in [0.4, 0.5) is 11.4 Å². The standard InChI is InChI=1S/C15H26N4/c1-2-6-17-14-11-15(13-16-12-14)18-7-5-10-19-8-3-4-9-19/h11-13,17-18H,2-10H2,1H3. The van der Waals surface area contributed by atoms with Crippen LogP contribution >= 0.6 is 0 Å². The zero-order valence-corrected chi connectivity index (χ0v) is 12.0. The molecule has 0 amide bonds. The van der Waals surface area contributed by atoms with Crippen molar-refractivity contribution >= 4 is 11.4 Å². The Balaban J connectivity index is 1.66. The van der Waals surface area contributed by atoms with E-state index in [0.717, 1.165) is 30.9 Å². The molecule has 2 heterocycles. The van der Waals surface area contributed by atoms with Gasteiger partial charge in [0.15, 0.2) is 0 Å². The molecule has 1 aromatic heterocycles. The van der Waals surface area contributed by atoms with Crippen LogP contribution < -0.4 is 10.6 Å². The Hall–Kier alpha value is -1.29. The highest BCUT2D eigenvalue weighted by molar-refractivity contribution is 5.53. The Morgan fingerprint density at radius 1 is 1.11 bits per heavy atom. The Labute approximate surface area is 116 Å². The van der Waals surface area contributed by atoms with Crippen molar-refractivity contribution in [2.24, 2.45) is 0 Å². The lowest BCUT2D eigenvalue weighted by atomic mass is 10.3. The second-order valence-electron chi connectivity index (χ2n) is 5.22. The maximum atomic E-state index is 4.26. The summed E-state index contributed by atoms with van der Waals surface area (Å²) in [5, 5.41) is 6.82. The fourth-order valence-electron chi connectivity index (χ4n) is 2.44. The third kappa shape index (κ3) is 5.07. The lowest BCUT2D eigenvalue weighted by Crippen LogP contribution is -2.22. The molecule has 0 saturated carbocycles. The van der Waals surface area contributed by atoms with Crippen LogP contribution in [0, 0.1) is 0 Å². The highest BCUT2D eigenvalue weighted by atomic mass is 15.1. The van der Waals surface area contributed by atoms with Gasteiger partial charge < -0.3 is 15.5 Å². The van der Waals surface area contributed by atoms with E-state index >= 15 is 0 Å². The monoisotopic (exact) mass is 262 g/mol. The SMILES string of the molecule is CCCNc1cncc(NCCCN2CCCC2)c1. The minimum atomic E-state index is 1.00. The molecular weight excluding hydrogens is 236 g/mol. The average molecular weight is 262 g/mol. The average Bonchev–Trinajstić information content (AvgIpc) is 2.95. The summed E-state index contributed by atoms with van der Waals surface area (Å²) in [5.74, 6) is 0.